The lowest BCUT2D eigenvalue weighted by Gasteiger charge is -2.12. The van der Waals surface area contributed by atoms with Crippen molar-refractivity contribution >= 4 is 44.9 Å². The summed E-state index contributed by atoms with van der Waals surface area (Å²) in [5.74, 6) is -1.18. The normalized spacial score (nSPS) is 13.8. The van der Waals surface area contributed by atoms with E-state index < -0.39 is 23.6 Å². The Balaban J connectivity index is 1.64. The maximum Gasteiger partial charge on any atom is 0.416 e. The Kier molecular flexibility index (Phi) is 7.07. The molecule has 1 amide bonds. The molecule has 2 heterocycles. The van der Waals surface area contributed by atoms with E-state index in [-0.39, 0.29) is 23.4 Å². The van der Waals surface area contributed by atoms with Crippen molar-refractivity contribution in [1.29, 1.82) is 0 Å². The Labute approximate surface area is 219 Å². The number of anilines is 1. The fraction of sp³-hybridized carbons (Fsp3) is 0.250. The molecule has 1 N–H and O–H groups in total. The van der Waals surface area contributed by atoms with Crippen LogP contribution in [0.15, 0.2) is 64.0 Å². The second kappa shape index (κ2) is 10.4. The number of ether oxygens (including phenoxy) is 1. The number of benzene rings is 2. The van der Waals surface area contributed by atoms with Crippen molar-refractivity contribution < 1.29 is 31.9 Å². The molecule has 38 heavy (non-hydrogen) atoms. The van der Waals surface area contributed by atoms with E-state index in [2.05, 4.69) is 10.3 Å². The zero-order chi connectivity index (χ0) is 26.9. The Hall–Kier alpha value is -3.92. The van der Waals surface area contributed by atoms with Crippen LogP contribution in [0.25, 0.3) is 11.0 Å². The number of esters is 1. The molecule has 2 aromatic heterocycles. The number of hydrogen-bond donors (Lipinski definition) is 1. The third kappa shape index (κ3) is 5.22. The highest BCUT2D eigenvalue weighted by atomic mass is 32.1. The second-order valence-electron chi connectivity index (χ2n) is 8.76. The molecular weight excluding hydrogens is 517 g/mol. The third-order valence-corrected chi connectivity index (χ3v) is 7.37. The minimum absolute atomic E-state index is 0.0160. The van der Waals surface area contributed by atoms with Gasteiger partial charge in [-0.25, -0.2) is 9.79 Å². The van der Waals surface area contributed by atoms with Crippen molar-refractivity contribution in [2.45, 2.75) is 38.8 Å². The van der Waals surface area contributed by atoms with Crippen LogP contribution in [0.4, 0.5) is 23.9 Å². The van der Waals surface area contributed by atoms with Crippen molar-refractivity contribution in [3.8, 4) is 0 Å². The number of nitrogens with one attached hydrogen (secondary N) is 1. The van der Waals surface area contributed by atoms with E-state index in [1.807, 2.05) is 0 Å². The predicted molar refractivity (Wildman–Crippen MR) is 138 cm³/mol. The Bertz CT molecular complexity index is 1600. The molecule has 0 atom stereocenters. The summed E-state index contributed by atoms with van der Waals surface area (Å²) in [6.07, 6.45) is -1.06. The molecular formula is C28H23F3N2O4S. The molecule has 0 bridgehead atoms. The number of thiophene rings is 1. The van der Waals surface area contributed by atoms with Crippen LogP contribution < -0.4 is 10.9 Å². The van der Waals surface area contributed by atoms with E-state index in [0.717, 1.165) is 48.3 Å². The highest BCUT2D eigenvalue weighted by molar-refractivity contribution is 7.16. The van der Waals surface area contributed by atoms with Gasteiger partial charge in [-0.3, -0.25) is 4.79 Å². The second-order valence-corrected chi connectivity index (χ2v) is 9.84. The number of aryl methyl sites for hydroxylation is 1. The highest BCUT2D eigenvalue weighted by Crippen LogP contribution is 2.40. The quantitative estimate of drug-likeness (QED) is 0.275. The van der Waals surface area contributed by atoms with Gasteiger partial charge < -0.3 is 14.5 Å². The van der Waals surface area contributed by atoms with Gasteiger partial charge in [0.1, 0.15) is 16.1 Å². The van der Waals surface area contributed by atoms with Crippen LogP contribution in [0, 0.1) is 0 Å². The Morgan fingerprint density at radius 2 is 1.87 bits per heavy atom. The first-order valence-electron chi connectivity index (χ1n) is 12.1. The topological polar surface area (TPSA) is 80.9 Å². The van der Waals surface area contributed by atoms with Crippen LogP contribution >= 0.6 is 11.3 Å². The first-order valence-corrected chi connectivity index (χ1v) is 12.9. The molecule has 0 spiro atoms. The van der Waals surface area contributed by atoms with Crippen LogP contribution in [0.5, 0.6) is 0 Å². The van der Waals surface area contributed by atoms with Crippen LogP contribution in [0.1, 0.15) is 56.5 Å². The number of carbonyl (C=O) groups excluding carboxylic acids is 2. The molecule has 0 saturated heterocycles. The van der Waals surface area contributed by atoms with Crippen LogP contribution in [-0.4, -0.2) is 18.5 Å². The van der Waals surface area contributed by atoms with Gasteiger partial charge in [0.25, 0.3) is 5.91 Å². The van der Waals surface area contributed by atoms with Gasteiger partial charge >= 0.3 is 12.1 Å². The summed E-state index contributed by atoms with van der Waals surface area (Å²) >= 11 is 1.36. The van der Waals surface area contributed by atoms with Crippen molar-refractivity contribution in [2.75, 3.05) is 11.9 Å². The van der Waals surface area contributed by atoms with Gasteiger partial charge in [-0.05, 0) is 68.5 Å². The molecule has 0 aliphatic heterocycles. The first kappa shape index (κ1) is 25.7. The lowest BCUT2D eigenvalue weighted by molar-refractivity contribution is -0.137. The predicted octanol–water partition coefficient (Wildman–Crippen LogP) is 7.05. The summed E-state index contributed by atoms with van der Waals surface area (Å²) in [4.78, 5) is 31.9. The molecule has 1 aliphatic carbocycles. The van der Waals surface area contributed by atoms with Crippen molar-refractivity contribution in [1.82, 2.24) is 0 Å². The highest BCUT2D eigenvalue weighted by Gasteiger charge is 2.31. The summed E-state index contributed by atoms with van der Waals surface area (Å²) in [7, 11) is 0. The van der Waals surface area contributed by atoms with Gasteiger partial charge in [-0.2, -0.15) is 13.2 Å². The number of nitrogens with zero attached hydrogens (tertiary/aromatic N) is 1. The zero-order valence-electron chi connectivity index (χ0n) is 20.4. The minimum atomic E-state index is -4.55. The van der Waals surface area contributed by atoms with Crippen molar-refractivity contribution in [3.63, 3.8) is 0 Å². The van der Waals surface area contributed by atoms with Crippen LogP contribution in [0.2, 0.25) is 0 Å². The van der Waals surface area contributed by atoms with E-state index >= 15 is 0 Å². The third-order valence-electron chi connectivity index (χ3n) is 6.18. The van der Waals surface area contributed by atoms with Gasteiger partial charge in [-0.15, -0.1) is 11.3 Å². The lowest BCUT2D eigenvalue weighted by atomic mass is 9.95. The van der Waals surface area contributed by atoms with Gasteiger partial charge in [0.2, 0.25) is 5.55 Å². The number of hydrogen-bond acceptors (Lipinski definition) is 6. The molecule has 4 aromatic rings. The van der Waals surface area contributed by atoms with Crippen molar-refractivity contribution in [2.24, 2.45) is 4.99 Å². The van der Waals surface area contributed by atoms with Crippen molar-refractivity contribution in [3.05, 3.63) is 87.3 Å². The Morgan fingerprint density at radius 1 is 1.08 bits per heavy atom. The molecule has 10 heteroatoms. The molecule has 1 aliphatic rings. The fourth-order valence-electron chi connectivity index (χ4n) is 4.42. The summed E-state index contributed by atoms with van der Waals surface area (Å²) in [5.41, 5.74) is 0.795. The zero-order valence-corrected chi connectivity index (χ0v) is 21.2. The van der Waals surface area contributed by atoms with Gasteiger partial charge in [0.05, 0.1) is 17.7 Å². The lowest BCUT2D eigenvalue weighted by Crippen LogP contribution is -2.22. The average Bonchev–Trinajstić information content (AvgIpc) is 3.26. The number of carbonyl (C=O) groups is 2. The summed E-state index contributed by atoms with van der Waals surface area (Å²) in [5, 5.41) is 3.51. The molecule has 2 aromatic carbocycles. The fourth-order valence-corrected chi connectivity index (χ4v) is 5.67. The standard InChI is InChI=1S/C28H23F3N2O4S/c1-2-36-27(35)23-19-11-4-6-13-22(19)38-26(23)33-25-20(14-16-8-3-5-12-21(16)37-25)24(34)32-18-10-7-9-17(15-18)28(29,30)31/h3,5,7-10,12,14-15H,2,4,6,11,13H2,1H3,(H,32,34). The summed E-state index contributed by atoms with van der Waals surface area (Å²) < 4.78 is 50.9. The molecule has 5 rings (SSSR count). The molecule has 6 nitrogen and oxygen atoms in total. The van der Waals surface area contributed by atoms with E-state index in [0.29, 0.717) is 21.5 Å². The number of rotatable bonds is 5. The maximum atomic E-state index is 13.3. The van der Waals surface area contributed by atoms with Gasteiger partial charge in [0.15, 0.2) is 0 Å². The Morgan fingerprint density at radius 3 is 2.66 bits per heavy atom. The van der Waals surface area contributed by atoms with Gasteiger partial charge in [0, 0.05) is 16.0 Å². The van der Waals surface area contributed by atoms with E-state index in [1.54, 1.807) is 37.3 Å². The summed E-state index contributed by atoms with van der Waals surface area (Å²) in [6, 6.07) is 13.0. The van der Waals surface area contributed by atoms with E-state index in [1.165, 1.54) is 23.5 Å². The average molecular weight is 541 g/mol. The molecule has 0 fully saturated rings. The van der Waals surface area contributed by atoms with Gasteiger partial charge in [-0.1, -0.05) is 24.3 Å². The molecule has 0 unspecified atom stereocenters. The van der Waals surface area contributed by atoms with E-state index in [9.17, 15) is 22.8 Å². The number of alkyl halides is 3. The monoisotopic (exact) mass is 540 g/mol. The molecule has 196 valence electrons. The number of fused-ring (bicyclic) bond motifs is 2. The first-order chi connectivity index (χ1) is 18.2. The largest absolute Gasteiger partial charge is 0.462 e. The minimum Gasteiger partial charge on any atom is -0.462 e. The van der Waals surface area contributed by atoms with E-state index in [4.69, 9.17) is 9.15 Å². The smallest absolute Gasteiger partial charge is 0.416 e. The number of para-hydroxylation sites is 1. The molecule has 0 radical (unpaired) electrons. The number of amides is 1. The molecule has 0 saturated carbocycles. The number of halogens is 3. The maximum absolute atomic E-state index is 13.3. The van der Waals surface area contributed by atoms with Crippen LogP contribution in [0.3, 0.4) is 0 Å². The SMILES string of the molecule is CCOC(=O)c1c(N=c2oc3ccccc3cc2C(=O)Nc2cccc(C(F)(F)F)c2)sc2c1CCCC2. The van der Waals surface area contributed by atoms with Crippen LogP contribution in [-0.2, 0) is 23.8 Å². The summed E-state index contributed by atoms with van der Waals surface area (Å²) in [6.45, 7) is 1.93.